The fraction of sp³-hybridized carbons (Fsp3) is 0.423. The first-order valence-electron chi connectivity index (χ1n) is 12.7. The molecule has 216 valence electrons. The van der Waals surface area contributed by atoms with Gasteiger partial charge in [0.05, 0.1) is 11.6 Å². The van der Waals surface area contributed by atoms with Crippen molar-refractivity contribution < 1.29 is 22.8 Å². The molecule has 0 aliphatic carbocycles. The lowest BCUT2D eigenvalue weighted by Gasteiger charge is -2.54. The van der Waals surface area contributed by atoms with Gasteiger partial charge in [0.2, 0.25) is 21.8 Å². The topological polar surface area (TPSA) is 119 Å². The highest BCUT2D eigenvalue weighted by atomic mass is 35.5. The van der Waals surface area contributed by atoms with E-state index in [4.69, 9.17) is 34.8 Å². The fourth-order valence-corrected chi connectivity index (χ4v) is 7.46. The van der Waals surface area contributed by atoms with Crippen molar-refractivity contribution in [3.63, 3.8) is 0 Å². The minimum atomic E-state index is -4.33. The van der Waals surface area contributed by atoms with E-state index >= 15 is 0 Å². The van der Waals surface area contributed by atoms with E-state index in [2.05, 4.69) is 10.6 Å². The summed E-state index contributed by atoms with van der Waals surface area (Å²) in [7, 11) is -4.33. The van der Waals surface area contributed by atoms with E-state index in [1.807, 2.05) is 13.8 Å². The van der Waals surface area contributed by atoms with Crippen LogP contribution in [0, 0.1) is 0 Å². The number of nitrogens with zero attached hydrogens (tertiary/aromatic N) is 3. The molecule has 2 N–H and O–H groups in total. The maximum atomic E-state index is 14.1. The maximum Gasteiger partial charge on any atom is 0.315 e. The van der Waals surface area contributed by atoms with Gasteiger partial charge in [-0.1, -0.05) is 46.9 Å². The number of fused-ring (bicyclic) bond motifs is 1. The largest absolute Gasteiger partial charge is 0.338 e. The Hall–Kier alpha value is -2.57. The average Bonchev–Trinajstić information content (AvgIpc) is 2.87. The van der Waals surface area contributed by atoms with Crippen LogP contribution in [0.15, 0.2) is 47.4 Å². The van der Waals surface area contributed by atoms with E-state index in [1.54, 1.807) is 36.1 Å². The maximum absolute atomic E-state index is 14.1. The number of carbonyl (C=O) groups is 3. The van der Waals surface area contributed by atoms with Gasteiger partial charge in [0.1, 0.15) is 23.1 Å². The van der Waals surface area contributed by atoms with Gasteiger partial charge in [-0.2, -0.15) is 4.31 Å². The molecule has 2 aromatic rings. The van der Waals surface area contributed by atoms with Crippen LogP contribution in [0.2, 0.25) is 15.1 Å². The Kier molecular flexibility index (Phi) is 9.21. The van der Waals surface area contributed by atoms with E-state index in [9.17, 15) is 22.8 Å². The van der Waals surface area contributed by atoms with Crippen LogP contribution in [0.4, 0.5) is 4.79 Å². The number of carbonyl (C=O) groups excluding carboxylic acids is 3. The van der Waals surface area contributed by atoms with Crippen molar-refractivity contribution in [3.05, 3.63) is 63.1 Å². The van der Waals surface area contributed by atoms with Crippen LogP contribution in [0.25, 0.3) is 0 Å². The lowest BCUT2D eigenvalue weighted by atomic mass is 9.96. The number of rotatable bonds is 7. The second kappa shape index (κ2) is 12.1. The lowest BCUT2D eigenvalue weighted by Crippen LogP contribution is -2.76. The second-order valence-electron chi connectivity index (χ2n) is 9.86. The SMILES string of the molecule is CCNC(=O)NC1CN(S(=O)(=O)c2ccc(Cl)cc2Cl)C2CN(C(C)C)C(=O)C(Cc3ccc(Cl)cc3)N2C1=O. The quantitative estimate of drug-likeness (QED) is 0.487. The molecular weight excluding hydrogens is 601 g/mol. The molecule has 10 nitrogen and oxygen atoms in total. The zero-order valence-corrected chi connectivity index (χ0v) is 25.2. The minimum absolute atomic E-state index is 0.0579. The van der Waals surface area contributed by atoms with Crippen molar-refractivity contribution in [2.24, 2.45) is 0 Å². The molecule has 2 aliphatic heterocycles. The van der Waals surface area contributed by atoms with Gasteiger partial charge in [-0.3, -0.25) is 9.59 Å². The molecule has 4 amide bonds. The number of hydrogen-bond acceptors (Lipinski definition) is 5. The zero-order valence-electron chi connectivity index (χ0n) is 22.1. The molecule has 40 heavy (non-hydrogen) atoms. The van der Waals surface area contributed by atoms with Crippen LogP contribution >= 0.6 is 34.8 Å². The molecule has 2 saturated heterocycles. The van der Waals surface area contributed by atoms with Crippen LogP contribution in [0.1, 0.15) is 26.3 Å². The number of hydrogen-bond donors (Lipinski definition) is 2. The predicted molar refractivity (Wildman–Crippen MR) is 153 cm³/mol. The second-order valence-corrected chi connectivity index (χ2v) is 13.0. The molecule has 2 heterocycles. The molecule has 14 heteroatoms. The zero-order chi connectivity index (χ0) is 29.4. The van der Waals surface area contributed by atoms with Crippen molar-refractivity contribution in [1.82, 2.24) is 24.7 Å². The minimum Gasteiger partial charge on any atom is -0.338 e. The summed E-state index contributed by atoms with van der Waals surface area (Å²) < 4.78 is 29.4. The third-order valence-corrected chi connectivity index (χ3v) is 9.75. The van der Waals surface area contributed by atoms with Crippen molar-refractivity contribution >= 4 is 62.7 Å². The summed E-state index contributed by atoms with van der Waals surface area (Å²) in [6, 6.07) is 7.69. The molecule has 0 bridgehead atoms. The molecule has 2 aliphatic rings. The van der Waals surface area contributed by atoms with Crippen molar-refractivity contribution in [2.45, 2.75) is 56.4 Å². The molecule has 0 aromatic heterocycles. The molecule has 0 saturated carbocycles. The van der Waals surface area contributed by atoms with Gasteiger partial charge in [-0.25, -0.2) is 13.2 Å². The van der Waals surface area contributed by atoms with E-state index < -0.39 is 40.2 Å². The van der Waals surface area contributed by atoms with Crippen LogP contribution in [0.5, 0.6) is 0 Å². The van der Waals surface area contributed by atoms with Gasteiger partial charge in [-0.15, -0.1) is 0 Å². The highest BCUT2D eigenvalue weighted by molar-refractivity contribution is 7.89. The Morgan fingerprint density at radius 3 is 2.25 bits per heavy atom. The third-order valence-electron chi connectivity index (χ3n) is 6.92. The number of urea groups is 1. The summed E-state index contributed by atoms with van der Waals surface area (Å²) in [5.41, 5.74) is 0.730. The first-order chi connectivity index (χ1) is 18.8. The number of halogens is 3. The Morgan fingerprint density at radius 2 is 1.65 bits per heavy atom. The van der Waals surface area contributed by atoms with Crippen molar-refractivity contribution in [2.75, 3.05) is 19.6 Å². The summed E-state index contributed by atoms with van der Waals surface area (Å²) >= 11 is 18.4. The first kappa shape index (κ1) is 30.4. The Bertz CT molecular complexity index is 1410. The molecule has 4 rings (SSSR count). The lowest BCUT2D eigenvalue weighted by molar-refractivity contribution is -0.168. The van der Waals surface area contributed by atoms with Crippen LogP contribution < -0.4 is 10.6 Å². The van der Waals surface area contributed by atoms with Crippen LogP contribution in [-0.4, -0.2) is 84.3 Å². The molecule has 0 radical (unpaired) electrons. The van der Waals surface area contributed by atoms with E-state index in [0.717, 1.165) is 9.87 Å². The summed E-state index contributed by atoms with van der Waals surface area (Å²) in [5, 5.41) is 5.82. The van der Waals surface area contributed by atoms with Gasteiger partial charge in [-0.05, 0) is 56.7 Å². The average molecular weight is 631 g/mol. The smallest absolute Gasteiger partial charge is 0.315 e. The molecule has 3 atom stereocenters. The third kappa shape index (κ3) is 6.03. The molecule has 2 aromatic carbocycles. The van der Waals surface area contributed by atoms with Crippen molar-refractivity contribution in [3.8, 4) is 0 Å². The summed E-state index contributed by atoms with van der Waals surface area (Å²) in [6.07, 6.45) is -0.931. The van der Waals surface area contributed by atoms with Gasteiger partial charge < -0.3 is 20.4 Å². The molecule has 2 fully saturated rings. The van der Waals surface area contributed by atoms with Crippen LogP contribution in [0.3, 0.4) is 0 Å². The number of amides is 4. The highest BCUT2D eigenvalue weighted by Gasteiger charge is 2.54. The Labute approximate surface area is 248 Å². The number of piperazine rings is 1. The van der Waals surface area contributed by atoms with Gasteiger partial charge >= 0.3 is 6.03 Å². The number of nitrogens with one attached hydrogen (secondary N) is 2. The Morgan fingerprint density at radius 1 is 1.00 bits per heavy atom. The van der Waals surface area contributed by atoms with E-state index in [1.165, 1.54) is 23.1 Å². The Balaban J connectivity index is 1.84. The summed E-state index contributed by atoms with van der Waals surface area (Å²) in [5.74, 6) is -0.879. The summed E-state index contributed by atoms with van der Waals surface area (Å²) in [4.78, 5) is 42.8. The standard InChI is InChI=1S/C26H30Cl3N5O5S/c1-4-30-26(37)31-20-13-33(40(38,39)22-10-9-18(28)12-19(22)29)23-14-32(15(2)3)25(36)21(34(23)24(20)35)11-16-5-7-17(27)8-6-16/h5-10,12,15,20-21,23H,4,11,13-14H2,1-3H3,(H2,30,31,37). The van der Waals surface area contributed by atoms with Crippen LogP contribution in [-0.2, 0) is 26.0 Å². The fourth-order valence-electron chi connectivity index (χ4n) is 5.00. The molecular formula is C26H30Cl3N5O5S. The highest BCUT2D eigenvalue weighted by Crippen LogP contribution is 2.35. The monoisotopic (exact) mass is 629 g/mol. The van der Waals surface area contributed by atoms with E-state index in [-0.39, 0.29) is 46.4 Å². The van der Waals surface area contributed by atoms with Gasteiger partial charge in [0.25, 0.3) is 0 Å². The number of benzene rings is 2. The normalized spacial score (nSPS) is 21.9. The molecule has 3 unspecified atom stereocenters. The number of sulfonamides is 1. The van der Waals surface area contributed by atoms with E-state index in [0.29, 0.717) is 11.6 Å². The summed E-state index contributed by atoms with van der Waals surface area (Å²) in [6.45, 7) is 5.24. The molecule has 0 spiro atoms. The van der Waals surface area contributed by atoms with Crippen molar-refractivity contribution in [1.29, 1.82) is 0 Å². The van der Waals surface area contributed by atoms with Gasteiger partial charge in [0.15, 0.2) is 0 Å². The first-order valence-corrected chi connectivity index (χ1v) is 15.3. The van der Waals surface area contributed by atoms with Gasteiger partial charge in [0, 0.05) is 35.6 Å². The predicted octanol–water partition coefficient (Wildman–Crippen LogP) is 3.36.